The lowest BCUT2D eigenvalue weighted by molar-refractivity contribution is -0.141. The Morgan fingerprint density at radius 3 is 2.83 bits per heavy atom. The van der Waals surface area contributed by atoms with Crippen LogP contribution in [0.3, 0.4) is 0 Å². The zero-order valence-corrected chi connectivity index (χ0v) is 12.7. The van der Waals surface area contributed by atoms with Gasteiger partial charge in [-0.2, -0.15) is 0 Å². The van der Waals surface area contributed by atoms with Gasteiger partial charge >= 0.3 is 5.97 Å². The van der Waals surface area contributed by atoms with Gasteiger partial charge in [0, 0.05) is 6.04 Å². The first-order valence-electron chi connectivity index (χ1n) is 8.11. The highest BCUT2D eigenvalue weighted by atomic mass is 16.7. The molecule has 0 radical (unpaired) electrons. The van der Waals surface area contributed by atoms with Gasteiger partial charge in [-0.15, -0.1) is 0 Å². The molecule has 2 heterocycles. The standard InChI is InChI=1S/C17H19NO5/c19-16(11-5-3-7-14-15(11)23-9-22-14)18-12-6-2-1-4-10(12)8-13(18)17(20)21/h3,5,7,10,12-13H,1-2,4,6,8-9H2,(H,20,21)/t10-,12+,13-/m0/s1. The van der Waals surface area contributed by atoms with Gasteiger partial charge in [-0.25, -0.2) is 4.79 Å². The topological polar surface area (TPSA) is 76.1 Å². The molecule has 0 aromatic heterocycles. The second kappa shape index (κ2) is 5.44. The first kappa shape index (κ1) is 14.4. The summed E-state index contributed by atoms with van der Waals surface area (Å²) < 4.78 is 10.7. The number of carbonyl (C=O) groups is 2. The van der Waals surface area contributed by atoms with Gasteiger partial charge in [-0.05, 0) is 37.3 Å². The summed E-state index contributed by atoms with van der Waals surface area (Å²) in [5.41, 5.74) is 0.400. The van der Waals surface area contributed by atoms with Crippen LogP contribution in [0.2, 0.25) is 0 Å². The molecule has 1 saturated heterocycles. The van der Waals surface area contributed by atoms with Crippen LogP contribution < -0.4 is 9.47 Å². The molecule has 0 bridgehead atoms. The number of fused-ring (bicyclic) bond motifs is 2. The summed E-state index contributed by atoms with van der Waals surface area (Å²) in [6, 6.07) is 4.46. The number of hydrogen-bond acceptors (Lipinski definition) is 4. The van der Waals surface area contributed by atoms with E-state index >= 15 is 0 Å². The van der Waals surface area contributed by atoms with Gasteiger partial charge in [0.05, 0.1) is 5.56 Å². The number of hydrogen-bond donors (Lipinski definition) is 1. The third-order valence-electron chi connectivity index (χ3n) is 5.23. The largest absolute Gasteiger partial charge is 0.480 e. The molecule has 3 aliphatic rings. The van der Waals surface area contributed by atoms with Crippen LogP contribution in [0.4, 0.5) is 0 Å². The fourth-order valence-corrected chi connectivity index (χ4v) is 4.21. The van der Waals surface area contributed by atoms with E-state index in [1.54, 1.807) is 23.1 Å². The van der Waals surface area contributed by atoms with E-state index in [2.05, 4.69) is 0 Å². The van der Waals surface area contributed by atoms with E-state index in [1.165, 1.54) is 0 Å². The predicted molar refractivity (Wildman–Crippen MR) is 80.5 cm³/mol. The summed E-state index contributed by atoms with van der Waals surface area (Å²) in [6.45, 7) is 0.0913. The van der Waals surface area contributed by atoms with Gasteiger partial charge in [0.25, 0.3) is 5.91 Å². The van der Waals surface area contributed by atoms with Crippen molar-refractivity contribution in [1.82, 2.24) is 4.90 Å². The molecule has 4 rings (SSSR count). The molecule has 6 nitrogen and oxygen atoms in total. The Morgan fingerprint density at radius 1 is 1.17 bits per heavy atom. The fraction of sp³-hybridized carbons (Fsp3) is 0.529. The maximum Gasteiger partial charge on any atom is 0.326 e. The molecule has 3 atom stereocenters. The van der Waals surface area contributed by atoms with Crippen LogP contribution in [-0.2, 0) is 4.79 Å². The zero-order valence-electron chi connectivity index (χ0n) is 12.7. The van der Waals surface area contributed by atoms with Gasteiger partial charge < -0.3 is 19.5 Å². The molecule has 23 heavy (non-hydrogen) atoms. The van der Waals surface area contributed by atoms with Crippen LogP contribution >= 0.6 is 0 Å². The minimum Gasteiger partial charge on any atom is -0.480 e. The molecule has 0 spiro atoms. The molecule has 6 heteroatoms. The van der Waals surface area contributed by atoms with E-state index < -0.39 is 12.0 Å². The Hall–Kier alpha value is -2.24. The number of ether oxygens (including phenoxy) is 2. The Labute approximate surface area is 134 Å². The van der Waals surface area contributed by atoms with Crippen molar-refractivity contribution >= 4 is 11.9 Å². The van der Waals surface area contributed by atoms with E-state index in [9.17, 15) is 14.7 Å². The van der Waals surface area contributed by atoms with Crippen molar-refractivity contribution in [3.05, 3.63) is 23.8 Å². The summed E-state index contributed by atoms with van der Waals surface area (Å²) in [5, 5.41) is 9.57. The van der Waals surface area contributed by atoms with Crippen molar-refractivity contribution in [2.75, 3.05) is 6.79 Å². The van der Waals surface area contributed by atoms with Crippen LogP contribution in [0, 0.1) is 5.92 Å². The lowest BCUT2D eigenvalue weighted by Crippen LogP contribution is -2.46. The minimum absolute atomic E-state index is 0.0236. The molecule has 122 valence electrons. The fourth-order valence-electron chi connectivity index (χ4n) is 4.21. The summed E-state index contributed by atoms with van der Waals surface area (Å²) in [6.07, 6.45) is 4.60. The number of benzene rings is 1. The van der Waals surface area contributed by atoms with Crippen molar-refractivity contribution in [1.29, 1.82) is 0 Å². The third kappa shape index (κ3) is 2.24. The van der Waals surface area contributed by atoms with Crippen LogP contribution in [-0.4, -0.2) is 40.8 Å². The lowest BCUT2D eigenvalue weighted by atomic mass is 9.84. The van der Waals surface area contributed by atoms with E-state index in [4.69, 9.17) is 9.47 Å². The SMILES string of the molecule is O=C(O)[C@@H]1C[C@@H]2CCCC[C@H]2N1C(=O)c1cccc2c1OCO2. The maximum atomic E-state index is 13.1. The molecule has 1 aliphatic carbocycles. The summed E-state index contributed by atoms with van der Waals surface area (Å²) in [4.78, 5) is 26.4. The monoisotopic (exact) mass is 317 g/mol. The average molecular weight is 317 g/mol. The van der Waals surface area contributed by atoms with E-state index in [0.717, 1.165) is 25.7 Å². The maximum absolute atomic E-state index is 13.1. The van der Waals surface area contributed by atoms with Crippen LogP contribution in [0.1, 0.15) is 42.5 Å². The molecule has 2 fully saturated rings. The van der Waals surface area contributed by atoms with Gasteiger partial charge in [0.2, 0.25) is 6.79 Å². The first-order valence-corrected chi connectivity index (χ1v) is 8.11. The first-order chi connectivity index (χ1) is 11.2. The number of aliphatic carboxylic acids is 1. The van der Waals surface area contributed by atoms with Gasteiger partial charge in [0.1, 0.15) is 6.04 Å². The Morgan fingerprint density at radius 2 is 2.00 bits per heavy atom. The van der Waals surface area contributed by atoms with Gasteiger partial charge in [0.15, 0.2) is 11.5 Å². The molecule has 1 aromatic carbocycles. The average Bonchev–Trinajstić information content (AvgIpc) is 3.18. The number of carboxylic acids is 1. The number of para-hydroxylation sites is 1. The summed E-state index contributed by atoms with van der Waals surface area (Å²) >= 11 is 0. The summed E-state index contributed by atoms with van der Waals surface area (Å²) in [7, 11) is 0. The van der Waals surface area contributed by atoms with E-state index in [0.29, 0.717) is 29.4 Å². The Balaban J connectivity index is 1.71. The smallest absolute Gasteiger partial charge is 0.326 e. The normalized spacial score (nSPS) is 28.5. The second-order valence-electron chi connectivity index (χ2n) is 6.45. The molecular formula is C17H19NO5. The molecule has 1 saturated carbocycles. The third-order valence-corrected chi connectivity index (χ3v) is 5.23. The second-order valence-corrected chi connectivity index (χ2v) is 6.45. The van der Waals surface area contributed by atoms with Crippen molar-refractivity contribution in [2.45, 2.75) is 44.2 Å². The van der Waals surface area contributed by atoms with Crippen molar-refractivity contribution in [3.63, 3.8) is 0 Å². The highest BCUT2D eigenvalue weighted by Crippen LogP contribution is 2.43. The molecule has 1 N–H and O–H groups in total. The predicted octanol–water partition coefficient (Wildman–Crippen LogP) is 2.27. The van der Waals surface area contributed by atoms with Crippen LogP contribution in [0.5, 0.6) is 11.5 Å². The summed E-state index contributed by atoms with van der Waals surface area (Å²) in [5.74, 6) is 0.0948. The van der Waals surface area contributed by atoms with Gasteiger partial charge in [-0.1, -0.05) is 18.9 Å². The molecular weight excluding hydrogens is 298 g/mol. The van der Waals surface area contributed by atoms with E-state index in [-0.39, 0.29) is 18.7 Å². The van der Waals surface area contributed by atoms with Crippen LogP contribution in [0.15, 0.2) is 18.2 Å². The van der Waals surface area contributed by atoms with Crippen molar-refractivity contribution in [3.8, 4) is 11.5 Å². The van der Waals surface area contributed by atoms with Crippen LogP contribution in [0.25, 0.3) is 0 Å². The highest BCUT2D eigenvalue weighted by Gasteiger charge is 2.48. The Kier molecular flexibility index (Phi) is 3.39. The lowest BCUT2D eigenvalue weighted by Gasteiger charge is -2.33. The Bertz CT molecular complexity index is 658. The minimum atomic E-state index is -0.919. The van der Waals surface area contributed by atoms with Crippen molar-refractivity contribution in [2.24, 2.45) is 5.92 Å². The number of amides is 1. The number of rotatable bonds is 2. The van der Waals surface area contributed by atoms with Crippen molar-refractivity contribution < 1.29 is 24.2 Å². The molecule has 1 amide bonds. The molecule has 0 unspecified atom stereocenters. The number of likely N-dealkylation sites (tertiary alicyclic amines) is 1. The quantitative estimate of drug-likeness (QED) is 0.905. The number of carboxylic acid groups (broad SMARTS) is 1. The van der Waals surface area contributed by atoms with Gasteiger partial charge in [-0.3, -0.25) is 4.79 Å². The van der Waals surface area contributed by atoms with E-state index in [1.807, 2.05) is 0 Å². The zero-order chi connectivity index (χ0) is 16.0. The molecule has 1 aromatic rings. The molecule has 2 aliphatic heterocycles. The number of nitrogens with zero attached hydrogens (tertiary/aromatic N) is 1. The number of carbonyl (C=O) groups excluding carboxylic acids is 1. The highest BCUT2D eigenvalue weighted by molar-refractivity contribution is 6.00.